The van der Waals surface area contributed by atoms with E-state index in [1.54, 1.807) is 0 Å². The van der Waals surface area contributed by atoms with Crippen LogP contribution in [0.25, 0.3) is 0 Å². The lowest BCUT2D eigenvalue weighted by atomic mass is 10.1. The Bertz CT molecular complexity index is 433. The van der Waals surface area contributed by atoms with Crippen molar-refractivity contribution in [2.45, 2.75) is 44.2 Å². The zero-order chi connectivity index (χ0) is 13.4. The van der Waals surface area contributed by atoms with E-state index in [-0.39, 0.29) is 0 Å². The minimum atomic E-state index is 0.594. The number of hydrogen-bond donors (Lipinski definition) is 1. The van der Waals surface area contributed by atoms with Gasteiger partial charge in [0, 0.05) is 37.6 Å². The van der Waals surface area contributed by atoms with Crippen LogP contribution >= 0.6 is 0 Å². The molecular formula is C15H23N5. The molecule has 0 bridgehead atoms. The van der Waals surface area contributed by atoms with E-state index in [4.69, 9.17) is 0 Å². The average molecular weight is 273 g/mol. The Labute approximate surface area is 120 Å². The van der Waals surface area contributed by atoms with Gasteiger partial charge in [-0.05, 0) is 37.8 Å². The van der Waals surface area contributed by atoms with Crippen LogP contribution in [0.2, 0.25) is 0 Å². The Kier molecular flexibility index (Phi) is 3.32. The van der Waals surface area contributed by atoms with E-state index in [1.165, 1.54) is 38.6 Å². The van der Waals surface area contributed by atoms with Crippen LogP contribution in [0.3, 0.4) is 0 Å². The first-order valence-corrected chi connectivity index (χ1v) is 7.96. The molecule has 5 heteroatoms. The van der Waals surface area contributed by atoms with Crippen LogP contribution in [0, 0.1) is 5.92 Å². The van der Waals surface area contributed by atoms with Crippen LogP contribution in [-0.2, 0) is 0 Å². The maximum Gasteiger partial charge on any atom is 0.240 e. The third-order valence-corrected chi connectivity index (χ3v) is 5.08. The molecule has 1 saturated carbocycles. The Morgan fingerprint density at radius 2 is 1.90 bits per heavy atom. The lowest BCUT2D eigenvalue weighted by Gasteiger charge is -2.37. The lowest BCUT2D eigenvalue weighted by molar-refractivity contribution is 0.249. The van der Waals surface area contributed by atoms with E-state index in [0.717, 1.165) is 25.0 Å². The van der Waals surface area contributed by atoms with Crippen molar-refractivity contribution in [1.82, 2.24) is 20.3 Å². The molecule has 108 valence electrons. The molecule has 3 aliphatic rings. The molecule has 1 aromatic heterocycles. The van der Waals surface area contributed by atoms with E-state index < -0.39 is 0 Å². The SMILES string of the molecule is c1cnc(N(C2CCCC2)N2CC3CCNC3C2)nc1. The third kappa shape index (κ3) is 2.19. The van der Waals surface area contributed by atoms with E-state index in [9.17, 15) is 0 Å². The van der Waals surface area contributed by atoms with Crippen molar-refractivity contribution in [2.75, 3.05) is 24.6 Å². The van der Waals surface area contributed by atoms with Gasteiger partial charge in [-0.3, -0.25) is 5.01 Å². The largest absolute Gasteiger partial charge is 0.312 e. The second-order valence-corrected chi connectivity index (χ2v) is 6.31. The van der Waals surface area contributed by atoms with Gasteiger partial charge in [-0.15, -0.1) is 0 Å². The van der Waals surface area contributed by atoms with Crippen LogP contribution in [0.5, 0.6) is 0 Å². The number of aromatic nitrogens is 2. The standard InChI is InChI=1S/C15H23N5/c1-2-5-13(4-1)20(15-17-7-3-8-18-15)19-10-12-6-9-16-14(12)11-19/h3,7-8,12-14,16H,1-2,4-6,9-11H2. The van der Waals surface area contributed by atoms with Gasteiger partial charge in [0.15, 0.2) is 0 Å². The maximum absolute atomic E-state index is 4.51. The third-order valence-electron chi connectivity index (χ3n) is 5.08. The Morgan fingerprint density at radius 3 is 2.65 bits per heavy atom. The Hall–Kier alpha value is -1.20. The zero-order valence-corrected chi connectivity index (χ0v) is 11.9. The van der Waals surface area contributed by atoms with Gasteiger partial charge in [-0.1, -0.05) is 12.8 Å². The summed E-state index contributed by atoms with van der Waals surface area (Å²) in [5, 5.41) is 8.55. The second kappa shape index (κ2) is 5.30. The van der Waals surface area contributed by atoms with Gasteiger partial charge in [0.05, 0.1) is 0 Å². The van der Waals surface area contributed by atoms with Crippen molar-refractivity contribution >= 4 is 5.95 Å². The highest BCUT2D eigenvalue weighted by Gasteiger charge is 2.41. The predicted molar refractivity (Wildman–Crippen MR) is 78.2 cm³/mol. The first-order valence-electron chi connectivity index (χ1n) is 7.96. The number of hydrogen-bond acceptors (Lipinski definition) is 5. The van der Waals surface area contributed by atoms with E-state index >= 15 is 0 Å². The van der Waals surface area contributed by atoms with Crippen molar-refractivity contribution in [3.63, 3.8) is 0 Å². The van der Waals surface area contributed by atoms with Gasteiger partial charge in [0.1, 0.15) is 0 Å². The van der Waals surface area contributed by atoms with E-state index in [0.29, 0.717) is 12.1 Å². The van der Waals surface area contributed by atoms with Gasteiger partial charge in [0.25, 0.3) is 0 Å². The molecule has 0 amide bonds. The van der Waals surface area contributed by atoms with E-state index in [2.05, 4.69) is 25.3 Å². The van der Waals surface area contributed by atoms with Crippen molar-refractivity contribution in [3.05, 3.63) is 18.5 Å². The van der Waals surface area contributed by atoms with Gasteiger partial charge in [-0.25, -0.2) is 15.0 Å². The molecule has 20 heavy (non-hydrogen) atoms. The monoisotopic (exact) mass is 273 g/mol. The minimum Gasteiger partial charge on any atom is -0.312 e. The summed E-state index contributed by atoms with van der Waals surface area (Å²) < 4.78 is 0. The predicted octanol–water partition coefficient (Wildman–Crippen LogP) is 1.43. The Morgan fingerprint density at radius 1 is 1.10 bits per heavy atom. The molecule has 4 rings (SSSR count). The molecule has 1 aromatic rings. The van der Waals surface area contributed by atoms with Gasteiger partial charge >= 0.3 is 0 Å². The molecular weight excluding hydrogens is 250 g/mol. The first kappa shape index (κ1) is 12.5. The van der Waals surface area contributed by atoms with Crippen molar-refractivity contribution in [2.24, 2.45) is 5.92 Å². The molecule has 2 saturated heterocycles. The summed E-state index contributed by atoms with van der Waals surface area (Å²) >= 11 is 0. The lowest BCUT2D eigenvalue weighted by Crippen LogP contribution is -2.49. The van der Waals surface area contributed by atoms with Gasteiger partial charge in [0.2, 0.25) is 5.95 Å². The van der Waals surface area contributed by atoms with Gasteiger partial charge in [-0.2, -0.15) is 0 Å². The first-order chi connectivity index (χ1) is 9.92. The highest BCUT2D eigenvalue weighted by Crippen LogP contribution is 2.32. The number of rotatable bonds is 3. The molecule has 0 radical (unpaired) electrons. The summed E-state index contributed by atoms with van der Waals surface area (Å²) in [6.45, 7) is 3.46. The fraction of sp³-hybridized carbons (Fsp3) is 0.733. The molecule has 0 spiro atoms. The zero-order valence-electron chi connectivity index (χ0n) is 11.9. The average Bonchev–Trinajstić information content (AvgIpc) is 3.16. The van der Waals surface area contributed by atoms with Crippen molar-refractivity contribution in [1.29, 1.82) is 0 Å². The molecule has 1 aliphatic carbocycles. The highest BCUT2D eigenvalue weighted by molar-refractivity contribution is 5.30. The molecule has 3 heterocycles. The summed E-state index contributed by atoms with van der Waals surface area (Å²) in [7, 11) is 0. The summed E-state index contributed by atoms with van der Waals surface area (Å²) in [5.41, 5.74) is 0. The molecule has 5 nitrogen and oxygen atoms in total. The van der Waals surface area contributed by atoms with Crippen LogP contribution in [0.4, 0.5) is 5.95 Å². The normalized spacial score (nSPS) is 30.8. The molecule has 0 aromatic carbocycles. The number of hydrazine groups is 1. The fourth-order valence-electron chi connectivity index (χ4n) is 4.08. The number of nitrogens with zero attached hydrogens (tertiary/aromatic N) is 4. The van der Waals surface area contributed by atoms with Crippen LogP contribution in [0.1, 0.15) is 32.1 Å². The van der Waals surface area contributed by atoms with Gasteiger partial charge < -0.3 is 5.32 Å². The summed E-state index contributed by atoms with van der Waals surface area (Å²) in [4.78, 5) is 9.03. The minimum absolute atomic E-state index is 0.594. The van der Waals surface area contributed by atoms with Crippen LogP contribution in [-0.4, -0.2) is 46.7 Å². The number of anilines is 1. The smallest absolute Gasteiger partial charge is 0.240 e. The second-order valence-electron chi connectivity index (χ2n) is 6.31. The number of fused-ring (bicyclic) bond motifs is 1. The molecule has 2 atom stereocenters. The maximum atomic E-state index is 4.51. The topological polar surface area (TPSA) is 44.3 Å². The summed E-state index contributed by atoms with van der Waals surface area (Å²) in [6.07, 6.45) is 10.3. The fourth-order valence-corrected chi connectivity index (χ4v) is 4.08. The van der Waals surface area contributed by atoms with Crippen LogP contribution < -0.4 is 10.3 Å². The van der Waals surface area contributed by atoms with E-state index in [1.807, 2.05) is 18.5 Å². The summed E-state index contributed by atoms with van der Waals surface area (Å²) in [5.74, 6) is 1.70. The molecule has 3 fully saturated rings. The number of nitrogens with one attached hydrogen (secondary N) is 1. The van der Waals surface area contributed by atoms with Crippen LogP contribution in [0.15, 0.2) is 18.5 Å². The van der Waals surface area contributed by atoms with Crippen molar-refractivity contribution < 1.29 is 0 Å². The Balaban J connectivity index is 1.58. The quantitative estimate of drug-likeness (QED) is 0.902. The molecule has 1 N–H and O–H groups in total. The van der Waals surface area contributed by atoms with Crippen molar-refractivity contribution in [3.8, 4) is 0 Å². The highest BCUT2D eigenvalue weighted by atomic mass is 15.7. The molecule has 2 unspecified atom stereocenters. The summed E-state index contributed by atoms with van der Waals surface area (Å²) in [6, 6.07) is 3.16. The molecule has 2 aliphatic heterocycles.